The van der Waals surface area contributed by atoms with Crippen molar-refractivity contribution in [2.45, 2.75) is 20.8 Å². The van der Waals surface area contributed by atoms with Crippen LogP contribution in [-0.4, -0.2) is 23.5 Å². The summed E-state index contributed by atoms with van der Waals surface area (Å²) in [4.78, 5) is 36.9. The quantitative estimate of drug-likeness (QED) is 0.305. The first-order valence-corrected chi connectivity index (χ1v) is 10.8. The lowest BCUT2D eigenvalue weighted by Crippen LogP contribution is -2.31. The molecular formula is C26H23N3O6. The van der Waals surface area contributed by atoms with E-state index in [4.69, 9.17) is 9.47 Å². The fourth-order valence-corrected chi connectivity index (χ4v) is 3.45. The van der Waals surface area contributed by atoms with Gasteiger partial charge in [-0.25, -0.2) is 0 Å². The van der Waals surface area contributed by atoms with Crippen LogP contribution in [0, 0.1) is 30.9 Å². The number of anilines is 1. The Morgan fingerprint density at radius 1 is 0.914 bits per heavy atom. The van der Waals surface area contributed by atoms with E-state index in [9.17, 15) is 19.7 Å². The highest BCUT2D eigenvalue weighted by atomic mass is 16.7. The summed E-state index contributed by atoms with van der Waals surface area (Å²) in [6.07, 6.45) is 1.50. The zero-order chi connectivity index (χ0) is 25.1. The number of ether oxygens (including phenoxy) is 2. The normalized spacial score (nSPS) is 12.3. The van der Waals surface area contributed by atoms with E-state index in [2.05, 4.69) is 10.6 Å². The monoisotopic (exact) mass is 473 g/mol. The summed E-state index contributed by atoms with van der Waals surface area (Å²) in [5.41, 5.74) is 3.66. The number of amides is 2. The predicted molar refractivity (Wildman–Crippen MR) is 130 cm³/mol. The standard InChI is InChI=1S/C26H23N3O6/c1-15-4-7-19(10-17(15)3)25(30)28-22(11-18-6-9-23-24(12-18)35-14-34-23)26(31)27-21-13-20(29(32)33)8-5-16(21)2/h4-13H,14H2,1-3H3,(H,27,31)(H,28,30). The van der Waals surface area contributed by atoms with Crippen molar-refractivity contribution in [3.05, 3.63) is 98.2 Å². The number of carbonyl (C=O) groups excluding carboxylic acids is 2. The molecule has 1 heterocycles. The third-order valence-corrected chi connectivity index (χ3v) is 5.65. The van der Waals surface area contributed by atoms with Crippen LogP contribution in [0.25, 0.3) is 6.08 Å². The molecule has 2 amide bonds. The minimum absolute atomic E-state index is 0.0435. The first-order chi connectivity index (χ1) is 16.7. The molecule has 0 unspecified atom stereocenters. The molecule has 0 aliphatic carbocycles. The molecule has 1 aliphatic rings. The summed E-state index contributed by atoms with van der Waals surface area (Å²) in [5.74, 6) is 0.00233. The van der Waals surface area contributed by atoms with E-state index in [1.807, 2.05) is 19.9 Å². The zero-order valence-corrected chi connectivity index (χ0v) is 19.4. The Kier molecular flexibility index (Phi) is 6.50. The van der Waals surface area contributed by atoms with Gasteiger partial charge in [-0.1, -0.05) is 18.2 Å². The van der Waals surface area contributed by atoms with Crippen LogP contribution in [0.3, 0.4) is 0 Å². The number of rotatable bonds is 6. The van der Waals surface area contributed by atoms with Gasteiger partial charge in [0.1, 0.15) is 5.70 Å². The van der Waals surface area contributed by atoms with Crippen LogP contribution in [0.15, 0.2) is 60.3 Å². The van der Waals surface area contributed by atoms with Gasteiger partial charge < -0.3 is 20.1 Å². The number of hydrogen-bond donors (Lipinski definition) is 2. The maximum absolute atomic E-state index is 13.3. The Morgan fingerprint density at radius 3 is 2.40 bits per heavy atom. The summed E-state index contributed by atoms with van der Waals surface area (Å²) in [5, 5.41) is 16.5. The number of non-ortho nitro benzene ring substituents is 1. The number of nitro groups is 1. The Morgan fingerprint density at radius 2 is 1.66 bits per heavy atom. The molecule has 0 saturated carbocycles. The number of benzene rings is 3. The smallest absolute Gasteiger partial charge is 0.272 e. The largest absolute Gasteiger partial charge is 0.454 e. The molecule has 35 heavy (non-hydrogen) atoms. The highest BCUT2D eigenvalue weighted by Gasteiger charge is 2.19. The van der Waals surface area contributed by atoms with Crippen LogP contribution < -0.4 is 20.1 Å². The van der Waals surface area contributed by atoms with Gasteiger partial charge in [0.05, 0.1) is 10.6 Å². The lowest BCUT2D eigenvalue weighted by atomic mass is 10.1. The second-order valence-electron chi connectivity index (χ2n) is 8.13. The number of nitro benzene ring substituents is 1. The van der Waals surface area contributed by atoms with Gasteiger partial charge in [0, 0.05) is 17.7 Å². The number of nitrogens with zero attached hydrogens (tertiary/aromatic N) is 1. The molecule has 0 saturated heterocycles. The average Bonchev–Trinajstić information content (AvgIpc) is 3.29. The lowest BCUT2D eigenvalue weighted by Gasteiger charge is -2.13. The van der Waals surface area contributed by atoms with Crippen LogP contribution in [-0.2, 0) is 4.79 Å². The molecule has 9 nitrogen and oxygen atoms in total. The minimum Gasteiger partial charge on any atom is -0.454 e. The van der Waals surface area contributed by atoms with E-state index in [1.165, 1.54) is 18.2 Å². The number of carbonyl (C=O) groups is 2. The van der Waals surface area contributed by atoms with Gasteiger partial charge in [0.25, 0.3) is 17.5 Å². The third-order valence-electron chi connectivity index (χ3n) is 5.65. The maximum atomic E-state index is 13.3. The molecule has 0 spiro atoms. The highest BCUT2D eigenvalue weighted by molar-refractivity contribution is 6.11. The topological polar surface area (TPSA) is 120 Å². The summed E-state index contributed by atoms with van der Waals surface area (Å²) in [7, 11) is 0. The van der Waals surface area contributed by atoms with Crippen molar-refractivity contribution < 1.29 is 24.0 Å². The molecule has 3 aromatic carbocycles. The van der Waals surface area contributed by atoms with Gasteiger partial charge in [0.2, 0.25) is 6.79 Å². The minimum atomic E-state index is -0.636. The molecule has 0 radical (unpaired) electrons. The highest BCUT2D eigenvalue weighted by Crippen LogP contribution is 2.33. The van der Waals surface area contributed by atoms with Crippen molar-refractivity contribution in [2.24, 2.45) is 0 Å². The summed E-state index contributed by atoms with van der Waals surface area (Å²) < 4.78 is 10.7. The van der Waals surface area contributed by atoms with E-state index in [1.54, 1.807) is 43.3 Å². The van der Waals surface area contributed by atoms with Crippen LogP contribution >= 0.6 is 0 Å². The van der Waals surface area contributed by atoms with Crippen molar-refractivity contribution in [3.63, 3.8) is 0 Å². The molecule has 9 heteroatoms. The van der Waals surface area contributed by atoms with Gasteiger partial charge in [-0.3, -0.25) is 19.7 Å². The summed E-state index contributed by atoms with van der Waals surface area (Å²) in [6, 6.07) is 14.6. The molecule has 0 aromatic heterocycles. The average molecular weight is 473 g/mol. The third kappa shape index (κ3) is 5.30. The van der Waals surface area contributed by atoms with E-state index < -0.39 is 16.7 Å². The zero-order valence-electron chi connectivity index (χ0n) is 19.4. The van der Waals surface area contributed by atoms with E-state index in [0.717, 1.165) is 11.1 Å². The second kappa shape index (κ2) is 9.68. The Balaban J connectivity index is 1.67. The molecule has 1 aliphatic heterocycles. The Bertz CT molecular complexity index is 1380. The fraction of sp³-hybridized carbons (Fsp3) is 0.154. The Labute approximate surface area is 201 Å². The number of fused-ring (bicyclic) bond motifs is 1. The van der Waals surface area contributed by atoms with Crippen LogP contribution in [0.1, 0.15) is 32.6 Å². The second-order valence-corrected chi connectivity index (χ2v) is 8.13. The first-order valence-electron chi connectivity index (χ1n) is 10.8. The van der Waals surface area contributed by atoms with Gasteiger partial charge >= 0.3 is 0 Å². The Hall–Kier alpha value is -4.66. The van der Waals surface area contributed by atoms with Crippen LogP contribution in [0.4, 0.5) is 11.4 Å². The van der Waals surface area contributed by atoms with Gasteiger partial charge in [-0.15, -0.1) is 0 Å². The first kappa shape index (κ1) is 23.5. The van der Waals surface area contributed by atoms with Crippen molar-refractivity contribution in [1.82, 2.24) is 5.32 Å². The molecule has 0 fully saturated rings. The molecule has 0 bridgehead atoms. The van der Waals surface area contributed by atoms with Gasteiger partial charge in [-0.2, -0.15) is 0 Å². The van der Waals surface area contributed by atoms with Crippen LogP contribution in [0.2, 0.25) is 0 Å². The molecule has 2 N–H and O–H groups in total. The van der Waals surface area contributed by atoms with Gasteiger partial charge in [0.15, 0.2) is 11.5 Å². The van der Waals surface area contributed by atoms with Gasteiger partial charge in [-0.05, 0) is 73.4 Å². The van der Waals surface area contributed by atoms with Crippen molar-refractivity contribution in [1.29, 1.82) is 0 Å². The van der Waals surface area contributed by atoms with E-state index in [-0.39, 0.29) is 23.9 Å². The van der Waals surface area contributed by atoms with E-state index >= 15 is 0 Å². The molecule has 3 aromatic rings. The van der Waals surface area contributed by atoms with Crippen molar-refractivity contribution in [2.75, 3.05) is 12.1 Å². The van der Waals surface area contributed by atoms with E-state index in [0.29, 0.717) is 28.2 Å². The SMILES string of the molecule is Cc1ccc(C(=O)NC(=Cc2ccc3c(c2)OCO3)C(=O)Nc2cc([N+](=O)[O-])ccc2C)cc1C. The predicted octanol–water partition coefficient (Wildman–Crippen LogP) is 4.66. The van der Waals surface area contributed by atoms with Crippen molar-refractivity contribution in [3.8, 4) is 11.5 Å². The number of aryl methyl sites for hydroxylation is 3. The summed E-state index contributed by atoms with van der Waals surface area (Å²) in [6.45, 7) is 5.66. The molecule has 0 atom stereocenters. The number of hydrogen-bond acceptors (Lipinski definition) is 6. The summed E-state index contributed by atoms with van der Waals surface area (Å²) >= 11 is 0. The van der Waals surface area contributed by atoms with Crippen LogP contribution in [0.5, 0.6) is 11.5 Å². The molecular weight excluding hydrogens is 450 g/mol. The van der Waals surface area contributed by atoms with Crippen molar-refractivity contribution >= 4 is 29.3 Å². The maximum Gasteiger partial charge on any atom is 0.272 e. The fourth-order valence-electron chi connectivity index (χ4n) is 3.45. The molecule has 178 valence electrons. The number of nitrogens with one attached hydrogen (secondary N) is 2. The lowest BCUT2D eigenvalue weighted by molar-refractivity contribution is -0.384. The molecule has 4 rings (SSSR count).